The maximum absolute atomic E-state index is 3.92. The van der Waals surface area contributed by atoms with Crippen LogP contribution in [0.1, 0.15) is 72.1 Å². The van der Waals surface area contributed by atoms with E-state index < -0.39 is 0 Å². The third-order valence-electron chi connectivity index (χ3n) is 5.78. The summed E-state index contributed by atoms with van der Waals surface area (Å²) >= 11 is 0. The summed E-state index contributed by atoms with van der Waals surface area (Å²) in [7, 11) is 0. The van der Waals surface area contributed by atoms with Crippen molar-refractivity contribution in [2.75, 3.05) is 19.6 Å². The van der Waals surface area contributed by atoms with E-state index in [9.17, 15) is 0 Å². The highest BCUT2D eigenvalue weighted by Gasteiger charge is 2.28. The fraction of sp³-hybridized carbons (Fsp3) is 1.00. The molecule has 0 spiro atoms. The van der Waals surface area contributed by atoms with E-state index in [0.717, 1.165) is 23.9 Å². The van der Waals surface area contributed by atoms with Crippen LogP contribution in [0.4, 0.5) is 0 Å². The fourth-order valence-electron chi connectivity index (χ4n) is 4.03. The lowest BCUT2D eigenvalue weighted by Gasteiger charge is -2.41. The third-order valence-corrected chi connectivity index (χ3v) is 5.78. The van der Waals surface area contributed by atoms with Crippen LogP contribution < -0.4 is 5.32 Å². The van der Waals surface area contributed by atoms with Crippen LogP contribution in [-0.2, 0) is 0 Å². The molecule has 1 N–H and O–H groups in total. The second kappa shape index (κ2) is 8.38. The van der Waals surface area contributed by atoms with Gasteiger partial charge in [0.1, 0.15) is 0 Å². The predicted molar refractivity (Wildman–Crippen MR) is 88.1 cm³/mol. The van der Waals surface area contributed by atoms with E-state index in [1.165, 1.54) is 71.0 Å². The molecule has 0 aromatic carbocycles. The molecule has 0 bridgehead atoms. The number of hydrogen-bond acceptors (Lipinski definition) is 2. The lowest BCUT2D eigenvalue weighted by molar-refractivity contribution is 0.0978. The Hall–Kier alpha value is -0.0800. The van der Waals surface area contributed by atoms with Crippen LogP contribution in [0.5, 0.6) is 0 Å². The Labute approximate surface area is 126 Å². The van der Waals surface area contributed by atoms with Gasteiger partial charge >= 0.3 is 0 Å². The molecular weight excluding hydrogens is 244 g/mol. The Morgan fingerprint density at radius 1 is 1.05 bits per heavy atom. The number of hydrogen-bond donors (Lipinski definition) is 1. The number of piperidine rings is 1. The molecule has 0 radical (unpaired) electrons. The number of rotatable bonds is 6. The molecule has 2 fully saturated rings. The van der Waals surface area contributed by atoms with Crippen LogP contribution >= 0.6 is 0 Å². The Morgan fingerprint density at radius 3 is 2.45 bits per heavy atom. The quantitative estimate of drug-likeness (QED) is 0.789. The van der Waals surface area contributed by atoms with Crippen molar-refractivity contribution in [3.05, 3.63) is 0 Å². The zero-order valence-corrected chi connectivity index (χ0v) is 14.0. The highest BCUT2D eigenvalue weighted by Crippen LogP contribution is 2.25. The summed E-state index contributed by atoms with van der Waals surface area (Å²) in [5, 5.41) is 3.92. The Bertz CT molecular complexity index is 260. The first-order valence-electron chi connectivity index (χ1n) is 9.20. The van der Waals surface area contributed by atoms with E-state index in [0.29, 0.717) is 0 Å². The lowest BCUT2D eigenvalue weighted by atomic mass is 9.87. The lowest BCUT2D eigenvalue weighted by Crippen LogP contribution is -2.52. The second-order valence-corrected chi connectivity index (χ2v) is 7.33. The molecule has 3 atom stereocenters. The van der Waals surface area contributed by atoms with Crippen LogP contribution in [-0.4, -0.2) is 36.6 Å². The van der Waals surface area contributed by atoms with E-state index in [1.807, 2.05) is 0 Å². The second-order valence-electron chi connectivity index (χ2n) is 7.33. The molecule has 2 rings (SSSR count). The van der Waals surface area contributed by atoms with Crippen LogP contribution in [0.15, 0.2) is 0 Å². The molecule has 0 aromatic rings. The first-order chi connectivity index (χ1) is 9.72. The molecule has 1 saturated carbocycles. The molecule has 20 heavy (non-hydrogen) atoms. The Balaban J connectivity index is 1.79. The summed E-state index contributed by atoms with van der Waals surface area (Å²) in [5.41, 5.74) is 0. The molecule has 1 aliphatic heterocycles. The largest absolute Gasteiger partial charge is 0.312 e. The van der Waals surface area contributed by atoms with Crippen molar-refractivity contribution in [3.8, 4) is 0 Å². The van der Waals surface area contributed by atoms with Gasteiger partial charge in [-0.3, -0.25) is 4.90 Å². The predicted octanol–water partition coefficient (Wildman–Crippen LogP) is 4.06. The fourth-order valence-corrected chi connectivity index (χ4v) is 4.03. The van der Waals surface area contributed by atoms with E-state index in [-0.39, 0.29) is 0 Å². The zero-order valence-electron chi connectivity index (χ0n) is 14.0. The standard InChI is InChI=1S/C18H36N2/c1-4-15(3)20-13-16(5-2)11-18(14-20)19-12-17-9-7-6-8-10-17/h15-19H,4-14H2,1-3H3. The number of nitrogens with one attached hydrogen (secondary N) is 1. The maximum Gasteiger partial charge on any atom is 0.0198 e. The summed E-state index contributed by atoms with van der Waals surface area (Å²) in [5.74, 6) is 1.87. The minimum atomic E-state index is 0.740. The molecule has 2 aliphatic rings. The van der Waals surface area contributed by atoms with Crippen molar-refractivity contribution < 1.29 is 0 Å². The van der Waals surface area contributed by atoms with Crippen molar-refractivity contribution in [2.24, 2.45) is 11.8 Å². The van der Waals surface area contributed by atoms with Gasteiger partial charge < -0.3 is 5.32 Å². The highest BCUT2D eigenvalue weighted by atomic mass is 15.2. The van der Waals surface area contributed by atoms with Crippen molar-refractivity contribution >= 4 is 0 Å². The Kier molecular flexibility index (Phi) is 6.83. The van der Waals surface area contributed by atoms with E-state index in [4.69, 9.17) is 0 Å². The average Bonchev–Trinajstić information content (AvgIpc) is 2.52. The molecule has 1 heterocycles. The molecular formula is C18H36N2. The van der Waals surface area contributed by atoms with E-state index >= 15 is 0 Å². The van der Waals surface area contributed by atoms with Gasteiger partial charge in [0.25, 0.3) is 0 Å². The third kappa shape index (κ3) is 4.73. The SMILES string of the molecule is CCC1CC(NCC2CCCCC2)CN(C(C)CC)C1. The van der Waals surface area contributed by atoms with Gasteiger partial charge in [0.15, 0.2) is 0 Å². The van der Waals surface area contributed by atoms with Gasteiger partial charge in [-0.05, 0) is 51.0 Å². The van der Waals surface area contributed by atoms with E-state index in [1.54, 1.807) is 0 Å². The summed E-state index contributed by atoms with van der Waals surface area (Å²) in [6.07, 6.45) is 11.4. The molecule has 3 unspecified atom stereocenters. The molecule has 2 nitrogen and oxygen atoms in total. The van der Waals surface area contributed by atoms with Crippen LogP contribution in [0, 0.1) is 11.8 Å². The smallest absolute Gasteiger partial charge is 0.0198 e. The first-order valence-corrected chi connectivity index (χ1v) is 9.20. The van der Waals surface area contributed by atoms with Crippen molar-refractivity contribution in [2.45, 2.75) is 84.2 Å². The van der Waals surface area contributed by atoms with Gasteiger partial charge in [-0.1, -0.05) is 39.5 Å². The van der Waals surface area contributed by atoms with Gasteiger partial charge in [0.2, 0.25) is 0 Å². The van der Waals surface area contributed by atoms with Gasteiger partial charge in [0, 0.05) is 25.2 Å². The molecule has 118 valence electrons. The molecule has 0 aromatic heterocycles. The molecule has 2 heteroatoms. The first kappa shape index (κ1) is 16.3. The minimum absolute atomic E-state index is 0.740. The number of nitrogens with zero attached hydrogens (tertiary/aromatic N) is 1. The van der Waals surface area contributed by atoms with Gasteiger partial charge in [0.05, 0.1) is 0 Å². The monoisotopic (exact) mass is 280 g/mol. The molecule has 0 amide bonds. The topological polar surface area (TPSA) is 15.3 Å². The summed E-state index contributed by atoms with van der Waals surface area (Å²) in [6, 6.07) is 1.49. The summed E-state index contributed by atoms with van der Waals surface area (Å²) < 4.78 is 0. The minimum Gasteiger partial charge on any atom is -0.312 e. The highest BCUT2D eigenvalue weighted by molar-refractivity contribution is 4.86. The Morgan fingerprint density at radius 2 is 1.80 bits per heavy atom. The normalized spacial score (nSPS) is 31.4. The molecule has 1 aliphatic carbocycles. The number of likely N-dealkylation sites (tertiary alicyclic amines) is 1. The maximum atomic E-state index is 3.92. The van der Waals surface area contributed by atoms with Crippen LogP contribution in [0.25, 0.3) is 0 Å². The summed E-state index contributed by atoms with van der Waals surface area (Å²) in [6.45, 7) is 11.0. The van der Waals surface area contributed by atoms with Crippen LogP contribution in [0.3, 0.4) is 0 Å². The van der Waals surface area contributed by atoms with Crippen LogP contribution in [0.2, 0.25) is 0 Å². The summed E-state index contributed by atoms with van der Waals surface area (Å²) in [4.78, 5) is 2.73. The van der Waals surface area contributed by atoms with Crippen molar-refractivity contribution in [3.63, 3.8) is 0 Å². The molecule has 1 saturated heterocycles. The van der Waals surface area contributed by atoms with Gasteiger partial charge in [-0.15, -0.1) is 0 Å². The van der Waals surface area contributed by atoms with Gasteiger partial charge in [-0.25, -0.2) is 0 Å². The van der Waals surface area contributed by atoms with E-state index in [2.05, 4.69) is 31.0 Å². The van der Waals surface area contributed by atoms with Crippen molar-refractivity contribution in [1.82, 2.24) is 10.2 Å². The van der Waals surface area contributed by atoms with Crippen molar-refractivity contribution in [1.29, 1.82) is 0 Å². The average molecular weight is 280 g/mol. The zero-order chi connectivity index (χ0) is 14.4. The van der Waals surface area contributed by atoms with Gasteiger partial charge in [-0.2, -0.15) is 0 Å².